The van der Waals surface area contributed by atoms with Crippen LogP contribution in [0.15, 0.2) is 18.2 Å². The van der Waals surface area contributed by atoms with Gasteiger partial charge in [0, 0.05) is 11.4 Å². The fourth-order valence-corrected chi connectivity index (χ4v) is 2.19. The van der Waals surface area contributed by atoms with E-state index in [9.17, 15) is 4.79 Å². The van der Waals surface area contributed by atoms with Crippen LogP contribution >= 0.6 is 11.6 Å². The zero-order chi connectivity index (χ0) is 13.8. The topological polar surface area (TPSA) is 99.6 Å². The molecule has 1 aliphatic rings. The van der Waals surface area contributed by atoms with Crippen LogP contribution in [0.2, 0.25) is 5.02 Å². The molecule has 19 heavy (non-hydrogen) atoms. The van der Waals surface area contributed by atoms with Crippen molar-refractivity contribution in [1.82, 2.24) is 0 Å². The minimum atomic E-state index is -0.789. The van der Waals surface area contributed by atoms with Gasteiger partial charge in [-0.3, -0.25) is 0 Å². The zero-order valence-electron chi connectivity index (χ0n) is 10.3. The van der Waals surface area contributed by atoms with Gasteiger partial charge in [0.15, 0.2) is 0 Å². The highest BCUT2D eigenvalue weighted by atomic mass is 35.5. The summed E-state index contributed by atoms with van der Waals surface area (Å²) in [6.07, 6.45) is -0.530. The van der Waals surface area contributed by atoms with E-state index in [0.29, 0.717) is 30.3 Å². The number of anilines is 2. The second-order valence-electron chi connectivity index (χ2n) is 4.32. The number of rotatable bonds is 3. The van der Waals surface area contributed by atoms with Crippen molar-refractivity contribution in [3.8, 4) is 0 Å². The number of amides is 1. The molecule has 2 atom stereocenters. The van der Waals surface area contributed by atoms with Crippen molar-refractivity contribution in [2.75, 3.05) is 24.3 Å². The third-order valence-electron chi connectivity index (χ3n) is 2.91. The highest BCUT2D eigenvalue weighted by Gasteiger charge is 2.28. The second-order valence-corrected chi connectivity index (χ2v) is 4.76. The lowest BCUT2D eigenvalue weighted by molar-refractivity contribution is -0.00525. The fraction of sp³-hybridized carbons (Fsp3) is 0.417. The van der Waals surface area contributed by atoms with Crippen molar-refractivity contribution < 1.29 is 14.3 Å². The highest BCUT2D eigenvalue weighted by Crippen LogP contribution is 2.25. The molecule has 6 nitrogen and oxygen atoms in total. The van der Waals surface area contributed by atoms with Crippen LogP contribution in [-0.4, -0.2) is 31.5 Å². The van der Waals surface area contributed by atoms with Gasteiger partial charge in [0.1, 0.15) is 6.10 Å². The summed E-state index contributed by atoms with van der Waals surface area (Å²) >= 11 is 5.84. The molecule has 2 rings (SSSR count). The Labute approximate surface area is 116 Å². The van der Waals surface area contributed by atoms with Gasteiger partial charge in [-0.15, -0.1) is 0 Å². The minimum Gasteiger partial charge on any atom is -0.444 e. The Balaban J connectivity index is 2.08. The van der Waals surface area contributed by atoms with Gasteiger partial charge in [0.05, 0.1) is 30.6 Å². The Morgan fingerprint density at radius 2 is 2.32 bits per heavy atom. The highest BCUT2D eigenvalue weighted by molar-refractivity contribution is 6.31. The molecule has 1 saturated heterocycles. The molecule has 0 unspecified atom stereocenters. The molecule has 1 fully saturated rings. The molecule has 1 heterocycles. The summed E-state index contributed by atoms with van der Waals surface area (Å²) in [5.41, 5.74) is 12.2. The average Bonchev–Trinajstić information content (AvgIpc) is 2.34. The molecule has 0 aliphatic carbocycles. The van der Waals surface area contributed by atoms with Crippen LogP contribution in [0.1, 0.15) is 6.42 Å². The Morgan fingerprint density at radius 3 is 3.00 bits per heavy atom. The van der Waals surface area contributed by atoms with Crippen molar-refractivity contribution in [2.45, 2.75) is 18.6 Å². The number of primary amides is 1. The molecule has 0 bridgehead atoms. The van der Waals surface area contributed by atoms with Crippen LogP contribution in [0.5, 0.6) is 0 Å². The lowest BCUT2D eigenvalue weighted by Gasteiger charge is -2.32. The number of carbonyl (C=O) groups excluding carboxylic acids is 1. The standard InChI is InChI=1S/C12H16ClN3O3/c13-7-1-2-9(8(14)5-7)16-10-6-18-4-3-11(10)19-12(15)17/h1-2,5,10-11,16H,3-4,6,14H2,(H2,15,17)/t10-,11+/m0/s1. The molecule has 7 heteroatoms. The maximum atomic E-state index is 10.9. The van der Waals surface area contributed by atoms with E-state index in [4.69, 9.17) is 32.5 Å². The number of ether oxygens (including phenoxy) is 2. The molecular weight excluding hydrogens is 270 g/mol. The van der Waals surface area contributed by atoms with Crippen LogP contribution in [0, 0.1) is 0 Å². The van der Waals surface area contributed by atoms with Crippen LogP contribution < -0.4 is 16.8 Å². The van der Waals surface area contributed by atoms with E-state index in [0.717, 1.165) is 5.69 Å². The molecule has 1 aromatic carbocycles. The molecule has 1 aromatic rings. The van der Waals surface area contributed by atoms with Gasteiger partial charge < -0.3 is 26.3 Å². The predicted octanol–water partition coefficient (Wildman–Crippen LogP) is 1.59. The van der Waals surface area contributed by atoms with Gasteiger partial charge in [-0.1, -0.05) is 11.6 Å². The zero-order valence-corrected chi connectivity index (χ0v) is 11.0. The fourth-order valence-electron chi connectivity index (χ4n) is 2.01. The second kappa shape index (κ2) is 5.99. The Kier molecular flexibility index (Phi) is 4.34. The van der Waals surface area contributed by atoms with E-state index < -0.39 is 6.09 Å². The third kappa shape index (κ3) is 3.65. The number of hydrogen-bond donors (Lipinski definition) is 3. The van der Waals surface area contributed by atoms with E-state index in [1.54, 1.807) is 18.2 Å². The first-order valence-corrected chi connectivity index (χ1v) is 6.29. The molecule has 104 valence electrons. The average molecular weight is 286 g/mol. The normalized spacial score (nSPS) is 22.8. The van der Waals surface area contributed by atoms with Crippen molar-refractivity contribution in [3.63, 3.8) is 0 Å². The van der Waals surface area contributed by atoms with Gasteiger partial charge in [-0.05, 0) is 18.2 Å². The monoisotopic (exact) mass is 285 g/mol. The summed E-state index contributed by atoms with van der Waals surface area (Å²) in [6, 6.07) is 4.96. The van der Waals surface area contributed by atoms with Crippen LogP contribution in [0.4, 0.5) is 16.2 Å². The summed E-state index contributed by atoms with van der Waals surface area (Å²) in [6.45, 7) is 0.951. The molecule has 0 aromatic heterocycles. The molecular formula is C12H16ClN3O3. The molecule has 1 amide bonds. The van der Waals surface area contributed by atoms with Crippen molar-refractivity contribution in [2.24, 2.45) is 5.73 Å². The lowest BCUT2D eigenvalue weighted by Crippen LogP contribution is -2.45. The van der Waals surface area contributed by atoms with Gasteiger partial charge >= 0.3 is 6.09 Å². The van der Waals surface area contributed by atoms with Gasteiger partial charge in [-0.2, -0.15) is 0 Å². The number of halogens is 1. The summed E-state index contributed by atoms with van der Waals surface area (Å²) in [7, 11) is 0. The molecule has 5 N–H and O–H groups in total. The van der Waals surface area contributed by atoms with Crippen molar-refractivity contribution in [1.29, 1.82) is 0 Å². The van der Waals surface area contributed by atoms with Gasteiger partial charge in [-0.25, -0.2) is 4.79 Å². The Hall–Kier alpha value is -1.66. The maximum Gasteiger partial charge on any atom is 0.404 e. The Morgan fingerprint density at radius 1 is 1.53 bits per heavy atom. The van der Waals surface area contributed by atoms with Crippen molar-refractivity contribution in [3.05, 3.63) is 23.2 Å². The van der Waals surface area contributed by atoms with E-state index in [2.05, 4.69) is 5.32 Å². The third-order valence-corrected chi connectivity index (χ3v) is 3.15. The van der Waals surface area contributed by atoms with Crippen molar-refractivity contribution >= 4 is 29.1 Å². The first-order chi connectivity index (χ1) is 9.06. The minimum absolute atomic E-state index is 0.190. The van der Waals surface area contributed by atoms with E-state index in [-0.39, 0.29) is 12.1 Å². The number of carbonyl (C=O) groups is 1. The van der Waals surface area contributed by atoms with E-state index in [1.165, 1.54) is 0 Å². The summed E-state index contributed by atoms with van der Waals surface area (Å²) in [5, 5.41) is 3.75. The quantitative estimate of drug-likeness (QED) is 0.732. The largest absolute Gasteiger partial charge is 0.444 e. The van der Waals surface area contributed by atoms with Crippen LogP contribution in [-0.2, 0) is 9.47 Å². The van der Waals surface area contributed by atoms with E-state index in [1.807, 2.05) is 0 Å². The van der Waals surface area contributed by atoms with E-state index >= 15 is 0 Å². The number of nitrogens with one attached hydrogen (secondary N) is 1. The van der Waals surface area contributed by atoms with Crippen LogP contribution in [0.3, 0.4) is 0 Å². The number of nitrogen functional groups attached to an aromatic ring is 1. The first-order valence-electron chi connectivity index (χ1n) is 5.91. The molecule has 0 radical (unpaired) electrons. The number of benzene rings is 1. The smallest absolute Gasteiger partial charge is 0.404 e. The van der Waals surface area contributed by atoms with Gasteiger partial charge in [0.2, 0.25) is 0 Å². The summed E-state index contributed by atoms with van der Waals surface area (Å²) in [5.74, 6) is 0. The summed E-state index contributed by atoms with van der Waals surface area (Å²) < 4.78 is 10.4. The molecule has 0 spiro atoms. The van der Waals surface area contributed by atoms with Gasteiger partial charge in [0.25, 0.3) is 0 Å². The maximum absolute atomic E-state index is 10.9. The van der Waals surface area contributed by atoms with Crippen LogP contribution in [0.25, 0.3) is 0 Å². The molecule has 1 aliphatic heterocycles. The number of nitrogens with two attached hydrogens (primary N) is 2. The SMILES string of the molecule is NC(=O)O[C@@H]1CCOC[C@@H]1Nc1ccc(Cl)cc1N. The summed E-state index contributed by atoms with van der Waals surface area (Å²) in [4.78, 5) is 10.9. The first kappa shape index (κ1) is 13.8. The molecule has 0 saturated carbocycles. The lowest BCUT2D eigenvalue weighted by atomic mass is 10.1. The number of hydrogen-bond acceptors (Lipinski definition) is 5. The predicted molar refractivity (Wildman–Crippen MR) is 73.2 cm³/mol. The Bertz CT molecular complexity index is 470.